The maximum atomic E-state index is 11.4. The Morgan fingerprint density at radius 1 is 1.00 bits per heavy atom. The lowest BCUT2D eigenvalue weighted by molar-refractivity contribution is 0.0920. The van der Waals surface area contributed by atoms with Crippen LogP contribution in [0.4, 0.5) is 0 Å². The highest BCUT2D eigenvalue weighted by Crippen LogP contribution is 2.10. The van der Waals surface area contributed by atoms with E-state index < -0.39 is 60.0 Å². The van der Waals surface area contributed by atoms with Crippen LogP contribution in [0.5, 0.6) is 0 Å². The zero-order chi connectivity index (χ0) is 16.0. The summed E-state index contributed by atoms with van der Waals surface area (Å²) in [4.78, 5) is 0. The molecule has 0 amide bonds. The molecular formula is C6H16O10S3Si. The Morgan fingerprint density at radius 3 is 1.95 bits per heavy atom. The molecule has 122 valence electrons. The Morgan fingerprint density at radius 2 is 1.55 bits per heavy atom. The molecule has 1 atom stereocenters. The van der Waals surface area contributed by atoms with E-state index in [1.807, 2.05) is 0 Å². The van der Waals surface area contributed by atoms with E-state index in [2.05, 4.69) is 12.5 Å². The monoisotopic (exact) mass is 372 g/mol. The van der Waals surface area contributed by atoms with Crippen molar-refractivity contribution < 1.29 is 41.7 Å². The van der Waals surface area contributed by atoms with Crippen LogP contribution in [-0.2, 0) is 48.8 Å². The summed E-state index contributed by atoms with van der Waals surface area (Å²) in [6.45, 7) is 3.33. The normalized spacial score (nSPS) is 14.8. The van der Waals surface area contributed by atoms with Gasteiger partial charge in [-0.15, -0.1) is 0 Å². The summed E-state index contributed by atoms with van der Waals surface area (Å²) in [6, 6.07) is 0. The molecule has 0 aliphatic carbocycles. The van der Waals surface area contributed by atoms with Crippen LogP contribution in [0.25, 0.3) is 0 Å². The highest BCUT2D eigenvalue weighted by molar-refractivity contribution is 7.83. The lowest BCUT2D eigenvalue weighted by Gasteiger charge is -2.17. The quantitative estimate of drug-likeness (QED) is 0.346. The molecule has 0 aromatic rings. The fourth-order valence-corrected chi connectivity index (χ4v) is 4.48. The van der Waals surface area contributed by atoms with E-state index in [0.29, 0.717) is 0 Å². The van der Waals surface area contributed by atoms with Gasteiger partial charge < -0.3 is 0 Å². The minimum absolute atomic E-state index is 0.704. The van der Waals surface area contributed by atoms with E-state index in [9.17, 15) is 25.3 Å². The average Bonchev–Trinajstić information content (AvgIpc) is 2.18. The smallest absolute Gasteiger partial charge is 0.294 e. The van der Waals surface area contributed by atoms with Crippen molar-refractivity contribution in [3.8, 4) is 0 Å². The van der Waals surface area contributed by atoms with Crippen molar-refractivity contribution in [2.24, 2.45) is 0 Å². The molecule has 0 rings (SSSR count). The summed E-state index contributed by atoms with van der Waals surface area (Å²) in [5.74, 6) is 0. The maximum Gasteiger partial charge on any atom is 0.390 e. The van der Waals surface area contributed by atoms with Gasteiger partial charge >= 0.3 is 10.4 Å². The summed E-state index contributed by atoms with van der Waals surface area (Å²) in [5.41, 5.74) is 0. The largest absolute Gasteiger partial charge is 0.390 e. The molecular weight excluding hydrogens is 356 g/mol. The highest BCUT2D eigenvalue weighted by atomic mass is 32.3. The van der Waals surface area contributed by atoms with Crippen LogP contribution < -0.4 is 0 Å². The molecule has 0 N–H and O–H groups in total. The molecule has 0 aliphatic rings. The first-order chi connectivity index (χ1) is 8.91. The molecule has 0 radical (unpaired) electrons. The third kappa shape index (κ3) is 11.7. The number of thiol groups is 2. The van der Waals surface area contributed by atoms with Gasteiger partial charge in [-0.25, -0.2) is 21.0 Å². The lowest BCUT2D eigenvalue weighted by Crippen LogP contribution is -2.33. The molecule has 0 aromatic carbocycles. The summed E-state index contributed by atoms with van der Waals surface area (Å²) < 4.78 is 81.5. The van der Waals surface area contributed by atoms with Gasteiger partial charge in [0, 0.05) is 0 Å². The molecule has 0 fully saturated rings. The molecule has 0 spiro atoms. The summed E-state index contributed by atoms with van der Waals surface area (Å²) >= 11 is 0. The summed E-state index contributed by atoms with van der Waals surface area (Å²) in [7, 11) is -13.3. The van der Waals surface area contributed by atoms with Crippen molar-refractivity contribution >= 4 is 40.7 Å². The number of hydrogen-bond acceptors (Lipinski definition) is 10. The van der Waals surface area contributed by atoms with E-state index in [0.717, 1.165) is 0 Å². The van der Waals surface area contributed by atoms with E-state index >= 15 is 0 Å². The topological polar surface area (TPSA) is 139 Å². The fourth-order valence-electron chi connectivity index (χ4n) is 0.864. The zero-order valence-corrected chi connectivity index (χ0v) is 14.5. The predicted octanol–water partition coefficient (Wildman–Crippen LogP) is -1.45. The second kappa shape index (κ2) is 8.37. The van der Waals surface area contributed by atoms with Crippen LogP contribution in [-0.4, -0.2) is 52.9 Å². The molecule has 0 saturated carbocycles. The van der Waals surface area contributed by atoms with E-state index in [4.69, 9.17) is 3.87 Å². The highest BCUT2D eigenvalue weighted by Gasteiger charge is 2.26. The summed E-state index contributed by atoms with van der Waals surface area (Å²) in [5, 5.41) is 0. The standard InChI is InChI=1S/C6H16O10S3Si/c1-20(2,3)16-19(11,12)14-5-6(15-18(9)10)4-13-17(7)8/h6,17-18H,4-5H2,1-3H3. The van der Waals surface area contributed by atoms with E-state index in [1.165, 1.54) is 0 Å². The SMILES string of the molecule is C[Si](C)(C)OS(=O)(=O)OCC(CO[SH](=O)=O)O[SH](=O)=O. The summed E-state index contributed by atoms with van der Waals surface area (Å²) in [6.07, 6.45) is -1.43. The van der Waals surface area contributed by atoms with Gasteiger partial charge in [-0.2, -0.15) is 8.42 Å². The molecule has 0 aromatic heterocycles. The average molecular weight is 372 g/mol. The molecule has 14 heteroatoms. The number of hydrogen-bond donors (Lipinski definition) is 2. The molecule has 0 saturated heterocycles. The third-order valence-electron chi connectivity index (χ3n) is 1.35. The minimum atomic E-state index is -4.33. The van der Waals surface area contributed by atoms with Gasteiger partial charge in [0.2, 0.25) is 8.32 Å². The van der Waals surface area contributed by atoms with Crippen LogP contribution in [0.1, 0.15) is 0 Å². The van der Waals surface area contributed by atoms with Crippen molar-refractivity contribution in [2.75, 3.05) is 13.2 Å². The first-order valence-electron chi connectivity index (χ1n) is 5.10. The van der Waals surface area contributed by atoms with Crippen molar-refractivity contribution in [2.45, 2.75) is 25.7 Å². The van der Waals surface area contributed by atoms with Gasteiger partial charge in [-0.05, 0) is 19.6 Å². The van der Waals surface area contributed by atoms with Gasteiger partial charge in [0.1, 0.15) is 6.10 Å². The van der Waals surface area contributed by atoms with Crippen molar-refractivity contribution in [1.82, 2.24) is 0 Å². The Kier molecular flexibility index (Phi) is 8.34. The molecule has 1 unspecified atom stereocenters. The van der Waals surface area contributed by atoms with Crippen molar-refractivity contribution in [3.63, 3.8) is 0 Å². The second-order valence-corrected chi connectivity index (χ2v) is 11.7. The van der Waals surface area contributed by atoms with Gasteiger partial charge in [-0.3, -0.25) is 12.2 Å². The van der Waals surface area contributed by atoms with Gasteiger partial charge in [0.05, 0.1) is 13.2 Å². The zero-order valence-electron chi connectivity index (χ0n) is 10.9. The van der Waals surface area contributed by atoms with Crippen LogP contribution >= 0.6 is 0 Å². The fraction of sp³-hybridized carbons (Fsp3) is 1.00. The van der Waals surface area contributed by atoms with Gasteiger partial charge in [0.15, 0.2) is 0 Å². The van der Waals surface area contributed by atoms with Gasteiger partial charge in [-0.1, -0.05) is 0 Å². The lowest BCUT2D eigenvalue weighted by atomic mass is 10.4. The Labute approximate surface area is 121 Å². The Hall–Kier alpha value is -0.0931. The van der Waals surface area contributed by atoms with Crippen LogP contribution in [0.15, 0.2) is 0 Å². The molecule has 0 heterocycles. The minimum Gasteiger partial charge on any atom is -0.294 e. The van der Waals surface area contributed by atoms with Gasteiger partial charge in [0.25, 0.3) is 22.0 Å². The first-order valence-corrected chi connectivity index (χ1v) is 12.0. The molecule has 0 bridgehead atoms. The first kappa shape index (κ1) is 19.9. The Bertz CT molecular complexity index is 526. The third-order valence-corrected chi connectivity index (χ3v) is 5.42. The van der Waals surface area contributed by atoms with Crippen molar-refractivity contribution in [1.29, 1.82) is 0 Å². The molecule has 20 heavy (non-hydrogen) atoms. The van der Waals surface area contributed by atoms with Crippen LogP contribution in [0.2, 0.25) is 19.6 Å². The predicted molar refractivity (Wildman–Crippen MR) is 70.8 cm³/mol. The van der Waals surface area contributed by atoms with E-state index in [1.54, 1.807) is 19.6 Å². The molecule has 0 aliphatic heterocycles. The maximum absolute atomic E-state index is 11.4. The van der Waals surface area contributed by atoms with Crippen LogP contribution in [0.3, 0.4) is 0 Å². The van der Waals surface area contributed by atoms with Crippen LogP contribution in [0, 0.1) is 0 Å². The second-order valence-electron chi connectivity index (χ2n) is 4.36. The van der Waals surface area contributed by atoms with Crippen molar-refractivity contribution in [3.05, 3.63) is 0 Å². The Balaban J connectivity index is 4.58. The van der Waals surface area contributed by atoms with E-state index in [-0.39, 0.29) is 0 Å². The molecule has 10 nitrogen and oxygen atoms in total. The number of rotatable bonds is 10.